The zero-order chi connectivity index (χ0) is 21.9. The summed E-state index contributed by atoms with van der Waals surface area (Å²) in [5.41, 5.74) is 0. The van der Waals surface area contributed by atoms with E-state index in [4.69, 9.17) is 0 Å². The Hall–Kier alpha value is -1.50. The summed E-state index contributed by atoms with van der Waals surface area (Å²) >= 11 is 9.58. The van der Waals surface area contributed by atoms with Gasteiger partial charge in [0.2, 0.25) is 0 Å². The molecule has 5 heterocycles. The van der Waals surface area contributed by atoms with Gasteiger partial charge in [-0.3, -0.25) is 0 Å². The molecule has 5 aromatic rings. The summed E-state index contributed by atoms with van der Waals surface area (Å²) < 4.78 is 0. The Kier molecular flexibility index (Phi) is 7.10. The minimum atomic E-state index is 1.23. The molecule has 5 rings (SSSR count). The maximum Gasteiger partial charge on any atom is 0.0449 e. The highest BCUT2D eigenvalue weighted by Crippen LogP contribution is 2.44. The van der Waals surface area contributed by atoms with Gasteiger partial charge in [-0.15, -0.1) is 56.7 Å². The van der Waals surface area contributed by atoms with Crippen molar-refractivity contribution in [3.05, 3.63) is 70.4 Å². The summed E-state index contributed by atoms with van der Waals surface area (Å²) in [4.78, 5) is 13.9. The Morgan fingerprint density at radius 2 is 0.906 bits per heavy atom. The molecule has 0 nitrogen and oxygen atoms in total. The summed E-state index contributed by atoms with van der Waals surface area (Å²) in [6.07, 6.45) is 6.56. The van der Waals surface area contributed by atoms with Crippen LogP contribution in [-0.4, -0.2) is 0 Å². The third kappa shape index (κ3) is 5.02. The molecule has 0 unspecified atom stereocenters. The summed E-state index contributed by atoms with van der Waals surface area (Å²) in [6, 6.07) is 22.8. The first-order chi connectivity index (χ1) is 15.7. The molecular formula is C27H26S5. The fourth-order valence-electron chi connectivity index (χ4n) is 3.75. The van der Waals surface area contributed by atoms with Gasteiger partial charge < -0.3 is 0 Å². The predicted octanol–water partition coefficient (Wildman–Crippen LogP) is 11.1. The molecule has 0 bridgehead atoms. The summed E-state index contributed by atoms with van der Waals surface area (Å²) in [7, 11) is 0. The van der Waals surface area contributed by atoms with Gasteiger partial charge in [-0.1, -0.05) is 26.2 Å². The molecule has 0 saturated carbocycles. The van der Waals surface area contributed by atoms with E-state index in [2.05, 4.69) is 74.5 Å². The van der Waals surface area contributed by atoms with Crippen LogP contribution in [0.2, 0.25) is 0 Å². The number of hydrogen-bond donors (Lipinski definition) is 0. The Bertz CT molecular complexity index is 1290. The predicted molar refractivity (Wildman–Crippen MR) is 150 cm³/mol. The monoisotopic (exact) mass is 510 g/mol. The highest BCUT2D eigenvalue weighted by atomic mass is 32.1. The zero-order valence-corrected chi connectivity index (χ0v) is 22.4. The second-order valence-corrected chi connectivity index (χ2v) is 13.7. The molecule has 0 aliphatic carbocycles. The van der Waals surface area contributed by atoms with Crippen molar-refractivity contribution in [2.75, 3.05) is 0 Å². The lowest BCUT2D eigenvalue weighted by molar-refractivity contribution is 0.670. The van der Waals surface area contributed by atoms with Crippen molar-refractivity contribution >= 4 is 56.7 Å². The Morgan fingerprint density at radius 1 is 0.469 bits per heavy atom. The molecule has 0 atom stereocenters. The van der Waals surface area contributed by atoms with Crippen LogP contribution >= 0.6 is 56.7 Å². The summed E-state index contributed by atoms with van der Waals surface area (Å²) in [5, 5.41) is 0. The SMILES string of the molecule is CCCCCCc1ccc(-c2ccc(-c3ccc(-c4ccc(-c5ccc(C)s5)s4)s3)s2)s1. The fraction of sp³-hybridized carbons (Fsp3) is 0.259. The molecule has 0 aromatic carbocycles. The van der Waals surface area contributed by atoms with Crippen LogP contribution in [0.1, 0.15) is 42.4 Å². The van der Waals surface area contributed by atoms with Gasteiger partial charge in [-0.25, -0.2) is 0 Å². The standard InChI is InChI=1S/C27H26S5/c1-3-4-5-6-7-19-9-11-21(29-19)23-13-15-25(31-23)27-17-16-26(32-27)24-14-12-22(30-24)20-10-8-18(2)28-20/h8-17H,3-7H2,1-2H3. The first-order valence-electron chi connectivity index (χ1n) is 11.2. The quantitative estimate of drug-likeness (QED) is 0.173. The van der Waals surface area contributed by atoms with Crippen LogP contribution in [0.15, 0.2) is 60.7 Å². The number of aryl methyl sites for hydroxylation is 2. The van der Waals surface area contributed by atoms with Crippen LogP contribution in [0.25, 0.3) is 39.0 Å². The fourth-order valence-corrected chi connectivity index (χ4v) is 9.04. The van der Waals surface area contributed by atoms with Crippen LogP contribution in [-0.2, 0) is 6.42 Å². The van der Waals surface area contributed by atoms with Crippen molar-refractivity contribution in [2.45, 2.75) is 46.0 Å². The van der Waals surface area contributed by atoms with Gasteiger partial charge in [0, 0.05) is 48.8 Å². The van der Waals surface area contributed by atoms with E-state index in [0.29, 0.717) is 0 Å². The summed E-state index contributed by atoms with van der Waals surface area (Å²) in [5.74, 6) is 0. The van der Waals surface area contributed by atoms with E-state index in [-0.39, 0.29) is 0 Å². The number of thiophene rings is 5. The largest absolute Gasteiger partial charge is 0.140 e. The molecule has 5 heteroatoms. The van der Waals surface area contributed by atoms with Crippen molar-refractivity contribution in [1.82, 2.24) is 0 Å². The van der Waals surface area contributed by atoms with E-state index >= 15 is 0 Å². The second kappa shape index (κ2) is 10.2. The van der Waals surface area contributed by atoms with Crippen LogP contribution in [0.3, 0.4) is 0 Å². The molecule has 0 N–H and O–H groups in total. The lowest BCUT2D eigenvalue weighted by Gasteiger charge is -1.96. The molecule has 0 radical (unpaired) electrons. The first-order valence-corrected chi connectivity index (χ1v) is 15.2. The van der Waals surface area contributed by atoms with Gasteiger partial charge in [0.25, 0.3) is 0 Å². The van der Waals surface area contributed by atoms with Crippen molar-refractivity contribution in [1.29, 1.82) is 0 Å². The summed E-state index contributed by atoms with van der Waals surface area (Å²) in [6.45, 7) is 4.45. The molecule has 0 aliphatic heterocycles. The maximum absolute atomic E-state index is 2.33. The van der Waals surface area contributed by atoms with Crippen LogP contribution < -0.4 is 0 Å². The molecule has 164 valence electrons. The minimum Gasteiger partial charge on any atom is -0.140 e. The third-order valence-corrected chi connectivity index (χ3v) is 11.7. The van der Waals surface area contributed by atoms with Crippen LogP contribution in [0.4, 0.5) is 0 Å². The molecule has 0 saturated heterocycles. The lowest BCUT2D eigenvalue weighted by atomic mass is 10.1. The molecular weight excluding hydrogens is 485 g/mol. The molecule has 5 aromatic heterocycles. The van der Waals surface area contributed by atoms with Crippen molar-refractivity contribution < 1.29 is 0 Å². The van der Waals surface area contributed by atoms with Gasteiger partial charge in [0.15, 0.2) is 0 Å². The van der Waals surface area contributed by atoms with E-state index in [1.165, 1.54) is 80.9 Å². The first kappa shape index (κ1) is 22.3. The molecule has 0 amide bonds. The van der Waals surface area contributed by atoms with Crippen molar-refractivity contribution in [2.24, 2.45) is 0 Å². The van der Waals surface area contributed by atoms with Gasteiger partial charge in [0.1, 0.15) is 0 Å². The minimum absolute atomic E-state index is 1.23. The smallest absolute Gasteiger partial charge is 0.0449 e. The Morgan fingerprint density at radius 3 is 1.38 bits per heavy atom. The zero-order valence-electron chi connectivity index (χ0n) is 18.4. The Labute approximate surface area is 210 Å². The van der Waals surface area contributed by atoms with Crippen molar-refractivity contribution in [3.63, 3.8) is 0 Å². The normalized spacial score (nSPS) is 11.4. The molecule has 0 spiro atoms. The second-order valence-electron chi connectivity index (χ2n) is 7.98. The van der Waals surface area contributed by atoms with Gasteiger partial charge >= 0.3 is 0 Å². The molecule has 32 heavy (non-hydrogen) atoms. The van der Waals surface area contributed by atoms with E-state index in [1.807, 2.05) is 56.7 Å². The van der Waals surface area contributed by atoms with E-state index < -0.39 is 0 Å². The lowest BCUT2D eigenvalue weighted by Crippen LogP contribution is -1.80. The van der Waals surface area contributed by atoms with Gasteiger partial charge in [-0.05, 0) is 80.4 Å². The average molecular weight is 511 g/mol. The third-order valence-electron chi connectivity index (χ3n) is 5.47. The number of rotatable bonds is 9. The van der Waals surface area contributed by atoms with Crippen LogP contribution in [0, 0.1) is 6.92 Å². The van der Waals surface area contributed by atoms with Crippen LogP contribution in [0.5, 0.6) is 0 Å². The topological polar surface area (TPSA) is 0 Å². The van der Waals surface area contributed by atoms with Gasteiger partial charge in [-0.2, -0.15) is 0 Å². The Balaban J connectivity index is 1.29. The van der Waals surface area contributed by atoms with E-state index in [0.717, 1.165) is 0 Å². The maximum atomic E-state index is 2.33. The van der Waals surface area contributed by atoms with E-state index in [1.54, 1.807) is 0 Å². The van der Waals surface area contributed by atoms with Crippen molar-refractivity contribution in [3.8, 4) is 39.0 Å². The van der Waals surface area contributed by atoms with Gasteiger partial charge in [0.05, 0.1) is 0 Å². The van der Waals surface area contributed by atoms with E-state index in [9.17, 15) is 0 Å². The highest BCUT2D eigenvalue weighted by molar-refractivity contribution is 7.29. The molecule has 0 aliphatic rings. The highest BCUT2D eigenvalue weighted by Gasteiger charge is 2.12. The average Bonchev–Trinajstić information content (AvgIpc) is 3.58. The molecule has 0 fully saturated rings. The number of unbranched alkanes of at least 4 members (excludes halogenated alkanes) is 3. The number of hydrogen-bond acceptors (Lipinski definition) is 5.